The van der Waals surface area contributed by atoms with E-state index in [0.717, 1.165) is 46.4 Å². The Hall–Kier alpha value is -2.83. The Morgan fingerprint density at radius 3 is 2.44 bits per heavy atom. The van der Waals surface area contributed by atoms with Crippen molar-refractivity contribution in [2.24, 2.45) is 0 Å². The smallest absolute Gasteiger partial charge is 0.235 e. The van der Waals surface area contributed by atoms with Crippen LogP contribution in [0.5, 0.6) is 5.75 Å². The van der Waals surface area contributed by atoms with Crippen LogP contribution in [0, 0.1) is 0 Å². The van der Waals surface area contributed by atoms with E-state index in [2.05, 4.69) is 36.7 Å². The number of aliphatic hydroxyl groups is 2. The van der Waals surface area contributed by atoms with Crippen LogP contribution in [0.15, 0.2) is 48.5 Å². The van der Waals surface area contributed by atoms with E-state index in [9.17, 15) is 15.0 Å². The number of ether oxygens (including phenoxy) is 1. The van der Waals surface area contributed by atoms with Gasteiger partial charge in [-0.05, 0) is 54.8 Å². The van der Waals surface area contributed by atoms with Crippen LogP contribution >= 0.6 is 0 Å². The quantitative estimate of drug-likeness (QED) is 0.506. The van der Waals surface area contributed by atoms with Crippen LogP contribution in [0.1, 0.15) is 47.7 Å². The van der Waals surface area contributed by atoms with E-state index in [0.29, 0.717) is 6.54 Å². The number of hydrogen-bond donors (Lipinski definition) is 3. The molecule has 1 heterocycles. The van der Waals surface area contributed by atoms with E-state index >= 15 is 0 Å². The molecule has 0 unspecified atom stereocenters. The van der Waals surface area contributed by atoms with Gasteiger partial charge in [0.1, 0.15) is 5.75 Å². The standard InChI is InChI=1S/C26H32N2O4.2H2/c1-25(2,3)23-14-17-13-19(7-10-22(17)28(23)15-20(30)16-29)27-24(31)26(11-12-26)18-5-8-21(32-4)9-6-18;;/h5-10,13-14,20,29-30H,11-12,15-16H2,1-4H3,(H,27,31);2*1H/t20-;;/m1../s1. The summed E-state index contributed by atoms with van der Waals surface area (Å²) in [5.74, 6) is 0.786. The fourth-order valence-electron chi connectivity index (χ4n) is 4.37. The maximum Gasteiger partial charge on any atom is 0.235 e. The average molecular weight is 441 g/mol. The van der Waals surface area contributed by atoms with Crippen LogP contribution in [0.3, 0.4) is 0 Å². The molecule has 2 aromatic carbocycles. The summed E-state index contributed by atoms with van der Waals surface area (Å²) in [6.07, 6.45) is 0.832. The lowest BCUT2D eigenvalue weighted by Gasteiger charge is -2.23. The second-order valence-electron chi connectivity index (χ2n) is 9.76. The Bertz CT molecular complexity index is 1130. The van der Waals surface area contributed by atoms with Gasteiger partial charge in [-0.25, -0.2) is 0 Å². The zero-order valence-electron chi connectivity index (χ0n) is 19.2. The lowest BCUT2D eigenvalue weighted by molar-refractivity contribution is -0.118. The van der Waals surface area contributed by atoms with Gasteiger partial charge < -0.3 is 24.8 Å². The SMILES string of the molecule is COc1ccc(C2(C(=O)Nc3ccc4c(c3)cc(C(C)(C)C)n4C[C@@H](O)CO)CC2)cc1.[HH].[HH]. The van der Waals surface area contributed by atoms with Gasteiger partial charge in [-0.15, -0.1) is 0 Å². The molecule has 3 aromatic rings. The molecule has 3 N–H and O–H groups in total. The van der Waals surface area contributed by atoms with Crippen LogP contribution in [-0.4, -0.2) is 40.5 Å². The highest BCUT2D eigenvalue weighted by Crippen LogP contribution is 2.49. The zero-order valence-corrected chi connectivity index (χ0v) is 19.2. The van der Waals surface area contributed by atoms with Gasteiger partial charge in [0.2, 0.25) is 5.91 Å². The van der Waals surface area contributed by atoms with Crippen LogP contribution in [0.25, 0.3) is 10.9 Å². The average Bonchev–Trinajstić information content (AvgIpc) is 3.50. The molecule has 1 aliphatic rings. The van der Waals surface area contributed by atoms with Crippen LogP contribution in [0.4, 0.5) is 5.69 Å². The molecule has 1 aliphatic carbocycles. The van der Waals surface area contributed by atoms with Gasteiger partial charge in [0, 0.05) is 30.6 Å². The van der Waals surface area contributed by atoms with Crippen LogP contribution < -0.4 is 10.1 Å². The molecule has 4 rings (SSSR count). The molecule has 1 saturated carbocycles. The number of nitrogens with one attached hydrogen (secondary N) is 1. The molecule has 6 nitrogen and oxygen atoms in total. The molecule has 1 amide bonds. The molecule has 0 saturated heterocycles. The first kappa shape index (κ1) is 22.4. The Labute approximate surface area is 191 Å². The van der Waals surface area contributed by atoms with E-state index in [1.807, 2.05) is 42.5 Å². The normalized spacial score (nSPS) is 16.1. The fourth-order valence-corrected chi connectivity index (χ4v) is 4.37. The van der Waals surface area contributed by atoms with Crippen molar-refractivity contribution in [3.63, 3.8) is 0 Å². The van der Waals surface area contributed by atoms with Crippen molar-refractivity contribution in [2.45, 2.75) is 57.1 Å². The van der Waals surface area contributed by atoms with E-state index in [4.69, 9.17) is 4.74 Å². The second-order valence-corrected chi connectivity index (χ2v) is 9.76. The number of benzene rings is 2. The van der Waals surface area contributed by atoms with Crippen molar-refractivity contribution in [2.75, 3.05) is 19.0 Å². The Kier molecular flexibility index (Phi) is 5.77. The summed E-state index contributed by atoms with van der Waals surface area (Å²) in [5.41, 5.74) is 3.19. The monoisotopic (exact) mass is 440 g/mol. The highest BCUT2D eigenvalue weighted by Gasteiger charge is 2.51. The number of aliphatic hydroxyl groups excluding tert-OH is 2. The molecule has 1 atom stereocenters. The van der Waals surface area contributed by atoms with Gasteiger partial charge in [0.15, 0.2) is 0 Å². The van der Waals surface area contributed by atoms with Gasteiger partial charge in [-0.3, -0.25) is 4.79 Å². The van der Waals surface area contributed by atoms with Crippen LogP contribution in [0.2, 0.25) is 0 Å². The number of nitrogens with zero attached hydrogens (tertiary/aromatic N) is 1. The molecule has 32 heavy (non-hydrogen) atoms. The number of carbonyl (C=O) groups is 1. The van der Waals surface area contributed by atoms with Crippen molar-refractivity contribution >= 4 is 22.5 Å². The summed E-state index contributed by atoms with van der Waals surface area (Å²) in [6, 6.07) is 15.7. The van der Waals surface area contributed by atoms with Gasteiger partial charge in [-0.1, -0.05) is 32.9 Å². The largest absolute Gasteiger partial charge is 0.497 e. The summed E-state index contributed by atoms with van der Waals surface area (Å²) < 4.78 is 7.29. The topological polar surface area (TPSA) is 83.7 Å². The predicted octanol–water partition coefficient (Wildman–Crippen LogP) is 4.46. The lowest BCUT2D eigenvalue weighted by atomic mass is 9.92. The fraction of sp³-hybridized carbons (Fsp3) is 0.423. The number of anilines is 1. The predicted molar refractivity (Wildman–Crippen MR) is 130 cm³/mol. The molecule has 174 valence electrons. The third-order valence-electron chi connectivity index (χ3n) is 6.36. The number of methoxy groups -OCH3 is 1. The van der Waals surface area contributed by atoms with E-state index < -0.39 is 11.5 Å². The molecule has 0 bridgehead atoms. The van der Waals surface area contributed by atoms with Gasteiger partial charge in [-0.2, -0.15) is 0 Å². The van der Waals surface area contributed by atoms with E-state index in [1.165, 1.54) is 0 Å². The number of rotatable bonds is 7. The van der Waals surface area contributed by atoms with Gasteiger partial charge in [0.05, 0.1) is 31.8 Å². The van der Waals surface area contributed by atoms with Crippen molar-refractivity contribution in [1.29, 1.82) is 0 Å². The number of fused-ring (bicyclic) bond motifs is 1. The maximum atomic E-state index is 13.2. The Balaban J connectivity index is 0.00000204. The van der Waals surface area contributed by atoms with Crippen molar-refractivity contribution in [3.05, 3.63) is 59.8 Å². The number of carbonyl (C=O) groups excluding carboxylic acids is 1. The molecule has 0 spiro atoms. The molecule has 1 fully saturated rings. The van der Waals surface area contributed by atoms with Crippen molar-refractivity contribution in [3.8, 4) is 5.75 Å². The third kappa shape index (κ3) is 4.12. The van der Waals surface area contributed by atoms with Crippen LogP contribution in [-0.2, 0) is 22.2 Å². The maximum absolute atomic E-state index is 13.2. The minimum atomic E-state index is -0.828. The number of hydrogen-bond acceptors (Lipinski definition) is 4. The Morgan fingerprint density at radius 1 is 1.19 bits per heavy atom. The molecular weight excluding hydrogens is 404 g/mol. The highest BCUT2D eigenvalue weighted by atomic mass is 16.5. The first-order valence-corrected chi connectivity index (χ1v) is 11.1. The van der Waals surface area contributed by atoms with Crippen molar-refractivity contribution < 1.29 is 22.6 Å². The number of amides is 1. The minimum Gasteiger partial charge on any atom is -0.497 e. The van der Waals surface area contributed by atoms with E-state index in [1.54, 1.807) is 7.11 Å². The van der Waals surface area contributed by atoms with E-state index in [-0.39, 0.29) is 20.8 Å². The first-order chi connectivity index (χ1) is 15.2. The summed E-state index contributed by atoms with van der Waals surface area (Å²) in [6.45, 7) is 6.40. The second kappa shape index (κ2) is 8.26. The Morgan fingerprint density at radius 2 is 1.88 bits per heavy atom. The molecule has 0 aliphatic heterocycles. The summed E-state index contributed by atoms with van der Waals surface area (Å²) >= 11 is 0. The molecule has 6 heteroatoms. The molecule has 0 radical (unpaired) electrons. The third-order valence-corrected chi connectivity index (χ3v) is 6.36. The summed E-state index contributed by atoms with van der Waals surface area (Å²) in [4.78, 5) is 13.2. The summed E-state index contributed by atoms with van der Waals surface area (Å²) in [7, 11) is 1.63. The summed E-state index contributed by atoms with van der Waals surface area (Å²) in [5, 5.41) is 23.5. The van der Waals surface area contributed by atoms with Gasteiger partial charge >= 0.3 is 0 Å². The molecular formula is C26H36N2O4. The lowest BCUT2D eigenvalue weighted by Crippen LogP contribution is -2.27. The molecule has 1 aromatic heterocycles. The number of aromatic nitrogens is 1. The zero-order chi connectivity index (χ0) is 23.1. The minimum absolute atomic E-state index is 0. The highest BCUT2D eigenvalue weighted by molar-refractivity contribution is 6.02. The van der Waals surface area contributed by atoms with Gasteiger partial charge in [0.25, 0.3) is 0 Å². The first-order valence-electron chi connectivity index (χ1n) is 11.1. The van der Waals surface area contributed by atoms with Crippen molar-refractivity contribution in [1.82, 2.24) is 4.57 Å².